The zero-order chi connectivity index (χ0) is 12.8. The van der Waals surface area contributed by atoms with Crippen LogP contribution in [0.25, 0.3) is 0 Å². The van der Waals surface area contributed by atoms with Crippen molar-refractivity contribution in [1.29, 1.82) is 0 Å². The number of nitrogens with one attached hydrogen (secondary N) is 1. The third-order valence-corrected chi connectivity index (χ3v) is 2.83. The molecule has 1 rings (SSSR count). The summed E-state index contributed by atoms with van der Waals surface area (Å²) in [4.78, 5) is 11.3. The minimum Gasteiger partial charge on any atom is -0.359 e. The van der Waals surface area contributed by atoms with Crippen LogP contribution in [0.4, 0.5) is 0 Å². The van der Waals surface area contributed by atoms with Crippen molar-refractivity contribution in [3.05, 3.63) is 17.5 Å². The zero-order valence-corrected chi connectivity index (χ0v) is 10.7. The van der Waals surface area contributed by atoms with Crippen molar-refractivity contribution in [3.63, 3.8) is 0 Å². The predicted octanol–water partition coefficient (Wildman–Crippen LogP) is 1.54. The number of amides is 1. The quantitative estimate of drug-likeness (QED) is 0.789. The molecule has 1 amide bonds. The van der Waals surface area contributed by atoms with E-state index in [0.29, 0.717) is 18.2 Å². The molecule has 0 aliphatic heterocycles. The van der Waals surface area contributed by atoms with Crippen LogP contribution in [-0.4, -0.2) is 17.1 Å². The van der Waals surface area contributed by atoms with Gasteiger partial charge in [-0.25, -0.2) is 0 Å². The Kier molecular flexibility index (Phi) is 5.15. The monoisotopic (exact) mass is 239 g/mol. The molecule has 0 saturated heterocycles. The molecule has 1 atom stereocenters. The summed E-state index contributed by atoms with van der Waals surface area (Å²) in [5.41, 5.74) is 6.40. The summed E-state index contributed by atoms with van der Waals surface area (Å²) in [6.07, 6.45) is 2.07. The lowest BCUT2D eigenvalue weighted by molar-refractivity contribution is -0.122. The van der Waals surface area contributed by atoms with Crippen LogP contribution in [0, 0.1) is 0 Å². The van der Waals surface area contributed by atoms with Crippen molar-refractivity contribution in [2.45, 2.75) is 52.1 Å². The Morgan fingerprint density at radius 3 is 2.71 bits per heavy atom. The van der Waals surface area contributed by atoms with Crippen molar-refractivity contribution in [2.24, 2.45) is 5.73 Å². The Morgan fingerprint density at radius 1 is 1.53 bits per heavy atom. The fourth-order valence-electron chi connectivity index (χ4n) is 1.65. The van der Waals surface area contributed by atoms with Gasteiger partial charge < -0.3 is 15.6 Å². The number of hydrogen-bond acceptors (Lipinski definition) is 4. The number of nitrogens with zero attached hydrogens (tertiary/aromatic N) is 1. The predicted molar refractivity (Wildman–Crippen MR) is 65.3 cm³/mol. The van der Waals surface area contributed by atoms with E-state index < -0.39 is 6.04 Å². The van der Waals surface area contributed by atoms with E-state index in [9.17, 15) is 4.79 Å². The van der Waals surface area contributed by atoms with Gasteiger partial charge in [0.15, 0.2) is 5.76 Å². The van der Waals surface area contributed by atoms with Gasteiger partial charge in [-0.05, 0) is 19.8 Å². The van der Waals surface area contributed by atoms with Gasteiger partial charge >= 0.3 is 0 Å². The molecule has 0 fully saturated rings. The molecule has 0 aliphatic rings. The van der Waals surface area contributed by atoms with E-state index in [1.165, 1.54) is 0 Å². The van der Waals surface area contributed by atoms with E-state index in [0.717, 1.165) is 18.5 Å². The highest BCUT2D eigenvalue weighted by Gasteiger charge is 2.14. The SMILES string of the molecule is CCC(CC)c1cc(CNC(=O)[C@H](C)N)on1. The first-order valence-corrected chi connectivity index (χ1v) is 6.07. The second kappa shape index (κ2) is 6.39. The van der Waals surface area contributed by atoms with Gasteiger partial charge in [-0.1, -0.05) is 19.0 Å². The summed E-state index contributed by atoms with van der Waals surface area (Å²) in [7, 11) is 0. The van der Waals surface area contributed by atoms with Crippen LogP contribution in [0.5, 0.6) is 0 Å². The van der Waals surface area contributed by atoms with Gasteiger partial charge in [0.2, 0.25) is 5.91 Å². The van der Waals surface area contributed by atoms with Crippen molar-refractivity contribution < 1.29 is 9.32 Å². The van der Waals surface area contributed by atoms with Crippen LogP contribution in [0.15, 0.2) is 10.6 Å². The van der Waals surface area contributed by atoms with Crippen molar-refractivity contribution in [2.75, 3.05) is 0 Å². The second-order valence-corrected chi connectivity index (χ2v) is 4.24. The second-order valence-electron chi connectivity index (χ2n) is 4.24. The fourth-order valence-corrected chi connectivity index (χ4v) is 1.65. The number of hydrogen-bond donors (Lipinski definition) is 2. The van der Waals surface area contributed by atoms with Crippen LogP contribution < -0.4 is 11.1 Å². The van der Waals surface area contributed by atoms with Gasteiger partial charge in [0, 0.05) is 12.0 Å². The summed E-state index contributed by atoms with van der Waals surface area (Å²) < 4.78 is 5.17. The molecular weight excluding hydrogens is 218 g/mol. The highest BCUT2D eigenvalue weighted by molar-refractivity contribution is 5.80. The van der Waals surface area contributed by atoms with Gasteiger partial charge in [-0.3, -0.25) is 4.79 Å². The van der Waals surface area contributed by atoms with E-state index in [1.54, 1.807) is 6.92 Å². The first-order chi connectivity index (χ1) is 8.08. The van der Waals surface area contributed by atoms with Crippen molar-refractivity contribution in [1.82, 2.24) is 10.5 Å². The molecule has 3 N–H and O–H groups in total. The molecule has 5 nitrogen and oxygen atoms in total. The Morgan fingerprint density at radius 2 is 2.18 bits per heavy atom. The summed E-state index contributed by atoms with van der Waals surface area (Å²) in [5.74, 6) is 0.906. The van der Waals surface area contributed by atoms with Crippen LogP contribution in [0.2, 0.25) is 0 Å². The third-order valence-electron chi connectivity index (χ3n) is 2.83. The number of aromatic nitrogens is 1. The number of rotatable bonds is 6. The molecule has 0 aliphatic carbocycles. The lowest BCUT2D eigenvalue weighted by Crippen LogP contribution is -2.37. The zero-order valence-electron chi connectivity index (χ0n) is 10.7. The molecule has 17 heavy (non-hydrogen) atoms. The molecule has 1 aromatic rings. The van der Waals surface area contributed by atoms with E-state index in [1.807, 2.05) is 6.07 Å². The number of carbonyl (C=O) groups is 1. The fraction of sp³-hybridized carbons (Fsp3) is 0.667. The van der Waals surface area contributed by atoms with Crippen LogP contribution in [0.3, 0.4) is 0 Å². The maximum absolute atomic E-state index is 11.3. The lowest BCUT2D eigenvalue weighted by Gasteiger charge is -2.06. The minimum absolute atomic E-state index is 0.189. The summed E-state index contributed by atoms with van der Waals surface area (Å²) in [6.45, 7) is 6.24. The van der Waals surface area contributed by atoms with Crippen molar-refractivity contribution in [3.8, 4) is 0 Å². The molecule has 0 bridgehead atoms. The van der Waals surface area contributed by atoms with Gasteiger partial charge in [0.25, 0.3) is 0 Å². The van der Waals surface area contributed by atoms with Gasteiger partial charge in [-0.2, -0.15) is 0 Å². The summed E-state index contributed by atoms with van der Waals surface area (Å²) in [6, 6.07) is 1.40. The number of nitrogens with two attached hydrogens (primary N) is 1. The average molecular weight is 239 g/mol. The van der Waals surface area contributed by atoms with Gasteiger partial charge in [-0.15, -0.1) is 0 Å². The number of carbonyl (C=O) groups excluding carboxylic acids is 1. The molecule has 5 heteroatoms. The maximum Gasteiger partial charge on any atom is 0.237 e. The molecule has 0 spiro atoms. The van der Waals surface area contributed by atoms with Crippen LogP contribution in [0.1, 0.15) is 51.0 Å². The third kappa shape index (κ3) is 3.85. The van der Waals surface area contributed by atoms with E-state index in [4.69, 9.17) is 10.3 Å². The minimum atomic E-state index is -0.503. The Balaban J connectivity index is 2.54. The van der Waals surface area contributed by atoms with Gasteiger partial charge in [0.05, 0.1) is 18.3 Å². The van der Waals surface area contributed by atoms with Crippen LogP contribution in [-0.2, 0) is 11.3 Å². The smallest absolute Gasteiger partial charge is 0.237 e. The topological polar surface area (TPSA) is 81.2 Å². The molecule has 1 aromatic heterocycles. The maximum atomic E-state index is 11.3. The average Bonchev–Trinajstić information content (AvgIpc) is 2.76. The standard InChI is InChI=1S/C12H21N3O2/c1-4-9(5-2)11-6-10(17-15-11)7-14-12(16)8(3)13/h6,8-9H,4-5,7,13H2,1-3H3,(H,14,16)/t8-/m0/s1. The first-order valence-electron chi connectivity index (χ1n) is 6.07. The van der Waals surface area contributed by atoms with E-state index >= 15 is 0 Å². The Hall–Kier alpha value is -1.36. The van der Waals surface area contributed by atoms with E-state index in [-0.39, 0.29) is 5.91 Å². The normalized spacial score (nSPS) is 12.8. The summed E-state index contributed by atoms with van der Waals surface area (Å²) in [5, 5.41) is 6.71. The molecule has 0 unspecified atom stereocenters. The highest BCUT2D eigenvalue weighted by Crippen LogP contribution is 2.22. The molecule has 96 valence electrons. The van der Waals surface area contributed by atoms with E-state index in [2.05, 4.69) is 24.3 Å². The molecule has 0 radical (unpaired) electrons. The highest BCUT2D eigenvalue weighted by atomic mass is 16.5. The summed E-state index contributed by atoms with van der Waals surface area (Å²) >= 11 is 0. The first kappa shape index (κ1) is 13.7. The largest absolute Gasteiger partial charge is 0.359 e. The molecular formula is C12H21N3O2. The molecule has 0 saturated carbocycles. The van der Waals surface area contributed by atoms with Gasteiger partial charge in [0.1, 0.15) is 0 Å². The Bertz CT molecular complexity index is 356. The molecule has 1 heterocycles. The Labute approximate surface area is 102 Å². The van der Waals surface area contributed by atoms with Crippen molar-refractivity contribution >= 4 is 5.91 Å². The lowest BCUT2D eigenvalue weighted by atomic mass is 9.99. The van der Waals surface area contributed by atoms with Crippen LogP contribution >= 0.6 is 0 Å². The molecule has 0 aromatic carbocycles.